The van der Waals surface area contributed by atoms with Crippen molar-refractivity contribution in [1.29, 1.82) is 0 Å². The van der Waals surface area contributed by atoms with Gasteiger partial charge in [-0.1, -0.05) is 0 Å². The maximum absolute atomic E-state index is 12.4. The predicted octanol–water partition coefficient (Wildman–Crippen LogP) is 0.618. The van der Waals surface area contributed by atoms with Crippen LogP contribution in [-0.2, 0) is 4.74 Å². The Morgan fingerprint density at radius 1 is 1.61 bits per heavy atom. The number of anilines is 1. The molecule has 98 valence electrons. The zero-order chi connectivity index (χ0) is 13.2. The number of hydrogen-bond acceptors (Lipinski definition) is 5. The molecular formula is C12H18N4O2. The number of carbonyl (C=O) groups excluding carboxylic acids is 1. The van der Waals surface area contributed by atoms with Gasteiger partial charge in [0.15, 0.2) is 0 Å². The van der Waals surface area contributed by atoms with E-state index in [2.05, 4.69) is 10.4 Å². The Kier molecular flexibility index (Phi) is 3.49. The van der Waals surface area contributed by atoms with Gasteiger partial charge in [-0.3, -0.25) is 15.6 Å². The van der Waals surface area contributed by atoms with E-state index in [0.717, 1.165) is 0 Å². The Bertz CT molecular complexity index is 447. The Labute approximate surface area is 106 Å². The van der Waals surface area contributed by atoms with Crippen molar-refractivity contribution < 1.29 is 9.53 Å². The van der Waals surface area contributed by atoms with Crippen LogP contribution < -0.4 is 11.3 Å². The van der Waals surface area contributed by atoms with Crippen LogP contribution in [0.5, 0.6) is 0 Å². The highest BCUT2D eigenvalue weighted by Gasteiger charge is 2.31. The van der Waals surface area contributed by atoms with Crippen molar-refractivity contribution in [2.24, 2.45) is 5.84 Å². The fourth-order valence-electron chi connectivity index (χ4n) is 2.06. The van der Waals surface area contributed by atoms with Crippen LogP contribution in [0.1, 0.15) is 24.2 Å². The monoisotopic (exact) mass is 250 g/mol. The normalized spacial score (nSPS) is 18.5. The van der Waals surface area contributed by atoms with E-state index in [1.807, 2.05) is 13.8 Å². The Hall–Kier alpha value is -1.66. The SMILES string of the molecule is CC1(C)CN(C(=O)c2ccncc2NN)CCO1. The molecule has 1 aromatic rings. The lowest BCUT2D eigenvalue weighted by molar-refractivity contribution is -0.0763. The number of morpholine rings is 1. The molecular weight excluding hydrogens is 232 g/mol. The molecule has 1 amide bonds. The second-order valence-corrected chi connectivity index (χ2v) is 4.90. The van der Waals surface area contributed by atoms with Crippen LogP contribution in [0.3, 0.4) is 0 Å². The number of rotatable bonds is 2. The number of nitrogens with one attached hydrogen (secondary N) is 1. The molecule has 0 spiro atoms. The second-order valence-electron chi connectivity index (χ2n) is 4.90. The number of hydrazine groups is 1. The summed E-state index contributed by atoms with van der Waals surface area (Å²) >= 11 is 0. The minimum atomic E-state index is -0.308. The molecule has 0 bridgehead atoms. The molecule has 0 radical (unpaired) electrons. The van der Waals surface area contributed by atoms with E-state index >= 15 is 0 Å². The van der Waals surface area contributed by atoms with Gasteiger partial charge in [0.2, 0.25) is 0 Å². The summed E-state index contributed by atoms with van der Waals surface area (Å²) in [6, 6.07) is 1.67. The molecule has 0 aromatic carbocycles. The molecule has 18 heavy (non-hydrogen) atoms. The second kappa shape index (κ2) is 4.91. The van der Waals surface area contributed by atoms with Crippen molar-refractivity contribution in [3.8, 4) is 0 Å². The fourth-order valence-corrected chi connectivity index (χ4v) is 2.06. The van der Waals surface area contributed by atoms with Crippen molar-refractivity contribution in [2.75, 3.05) is 25.1 Å². The van der Waals surface area contributed by atoms with Gasteiger partial charge in [0.05, 0.1) is 29.7 Å². The molecule has 6 heteroatoms. The van der Waals surface area contributed by atoms with E-state index in [1.54, 1.807) is 23.4 Å². The van der Waals surface area contributed by atoms with Crippen molar-refractivity contribution in [2.45, 2.75) is 19.4 Å². The van der Waals surface area contributed by atoms with Gasteiger partial charge >= 0.3 is 0 Å². The van der Waals surface area contributed by atoms with Gasteiger partial charge in [0.1, 0.15) is 0 Å². The molecule has 2 heterocycles. The van der Waals surface area contributed by atoms with Crippen molar-refractivity contribution >= 4 is 11.6 Å². The van der Waals surface area contributed by atoms with Gasteiger partial charge in [-0.05, 0) is 19.9 Å². The number of pyridine rings is 1. The first-order valence-corrected chi connectivity index (χ1v) is 5.87. The van der Waals surface area contributed by atoms with Crippen molar-refractivity contribution in [1.82, 2.24) is 9.88 Å². The molecule has 0 unspecified atom stereocenters. The number of amides is 1. The lowest BCUT2D eigenvalue weighted by atomic mass is 10.1. The highest BCUT2D eigenvalue weighted by molar-refractivity contribution is 5.99. The smallest absolute Gasteiger partial charge is 0.256 e. The summed E-state index contributed by atoms with van der Waals surface area (Å²) in [7, 11) is 0. The van der Waals surface area contributed by atoms with Crippen LogP contribution >= 0.6 is 0 Å². The summed E-state index contributed by atoms with van der Waals surface area (Å²) in [4.78, 5) is 18.1. The molecule has 1 saturated heterocycles. The number of carbonyl (C=O) groups is 1. The van der Waals surface area contributed by atoms with Gasteiger partial charge in [-0.15, -0.1) is 0 Å². The van der Waals surface area contributed by atoms with Gasteiger partial charge in [0.25, 0.3) is 5.91 Å². The van der Waals surface area contributed by atoms with Crippen LogP contribution in [0.4, 0.5) is 5.69 Å². The molecule has 1 aliphatic rings. The van der Waals surface area contributed by atoms with E-state index in [4.69, 9.17) is 10.6 Å². The van der Waals surface area contributed by atoms with E-state index in [1.165, 1.54) is 0 Å². The maximum Gasteiger partial charge on any atom is 0.256 e. The summed E-state index contributed by atoms with van der Waals surface area (Å²) in [5, 5.41) is 0. The van der Waals surface area contributed by atoms with Gasteiger partial charge in [-0.2, -0.15) is 0 Å². The molecule has 1 aliphatic heterocycles. The number of nitrogens with two attached hydrogens (primary N) is 1. The maximum atomic E-state index is 12.4. The van der Waals surface area contributed by atoms with Crippen LogP contribution in [0.25, 0.3) is 0 Å². The van der Waals surface area contributed by atoms with Gasteiger partial charge in [-0.25, -0.2) is 0 Å². The van der Waals surface area contributed by atoms with Gasteiger partial charge < -0.3 is 15.1 Å². The summed E-state index contributed by atoms with van der Waals surface area (Å²) in [6.07, 6.45) is 3.12. The topological polar surface area (TPSA) is 80.5 Å². The van der Waals surface area contributed by atoms with E-state index < -0.39 is 0 Å². The van der Waals surface area contributed by atoms with E-state index in [-0.39, 0.29) is 11.5 Å². The molecule has 1 fully saturated rings. The number of hydrogen-bond donors (Lipinski definition) is 2. The van der Waals surface area contributed by atoms with E-state index in [9.17, 15) is 4.79 Å². The molecule has 0 saturated carbocycles. The number of aromatic nitrogens is 1. The third kappa shape index (κ3) is 2.60. The van der Waals surface area contributed by atoms with Crippen molar-refractivity contribution in [3.05, 3.63) is 24.0 Å². The summed E-state index contributed by atoms with van der Waals surface area (Å²) in [6.45, 7) is 5.66. The molecule has 1 aromatic heterocycles. The average Bonchev–Trinajstić information content (AvgIpc) is 2.36. The first kappa shape index (κ1) is 12.8. The number of ether oxygens (including phenoxy) is 1. The molecule has 0 atom stereocenters. The van der Waals surface area contributed by atoms with Gasteiger partial charge in [0, 0.05) is 19.3 Å². The zero-order valence-electron chi connectivity index (χ0n) is 10.6. The van der Waals surface area contributed by atoms with Crippen LogP contribution in [-0.4, -0.2) is 41.1 Å². The zero-order valence-corrected chi connectivity index (χ0v) is 10.6. The van der Waals surface area contributed by atoms with Crippen molar-refractivity contribution in [3.63, 3.8) is 0 Å². The Morgan fingerprint density at radius 2 is 2.39 bits per heavy atom. The minimum absolute atomic E-state index is 0.0540. The first-order valence-electron chi connectivity index (χ1n) is 5.87. The fraction of sp³-hybridized carbons (Fsp3) is 0.500. The summed E-state index contributed by atoms with van der Waals surface area (Å²) < 4.78 is 5.59. The quantitative estimate of drug-likeness (QED) is 0.594. The first-order chi connectivity index (χ1) is 8.53. The Morgan fingerprint density at radius 3 is 3.06 bits per heavy atom. The predicted molar refractivity (Wildman–Crippen MR) is 68.0 cm³/mol. The highest BCUT2D eigenvalue weighted by Crippen LogP contribution is 2.21. The molecule has 0 aliphatic carbocycles. The molecule has 3 N–H and O–H groups in total. The summed E-state index contributed by atoms with van der Waals surface area (Å²) in [5.74, 6) is 5.33. The molecule has 2 rings (SSSR count). The Balaban J connectivity index is 2.20. The van der Waals surface area contributed by atoms with Crippen LogP contribution in [0.2, 0.25) is 0 Å². The lowest BCUT2D eigenvalue weighted by Crippen LogP contribution is -2.50. The lowest BCUT2D eigenvalue weighted by Gasteiger charge is -2.38. The highest BCUT2D eigenvalue weighted by atomic mass is 16.5. The minimum Gasteiger partial charge on any atom is -0.372 e. The third-order valence-electron chi connectivity index (χ3n) is 2.92. The summed E-state index contributed by atoms with van der Waals surface area (Å²) in [5.41, 5.74) is 3.25. The number of nitrogens with zero attached hydrogens (tertiary/aromatic N) is 2. The van der Waals surface area contributed by atoms with Crippen LogP contribution in [0.15, 0.2) is 18.5 Å². The average molecular weight is 250 g/mol. The largest absolute Gasteiger partial charge is 0.372 e. The molecule has 6 nitrogen and oxygen atoms in total. The van der Waals surface area contributed by atoms with Crippen LogP contribution in [0, 0.1) is 0 Å². The van der Waals surface area contributed by atoms with E-state index in [0.29, 0.717) is 30.9 Å². The standard InChI is InChI=1S/C12H18N4O2/c1-12(2)8-16(5-6-18-12)11(17)9-3-4-14-7-10(9)15-13/h3-4,7,15H,5-6,8,13H2,1-2H3. The number of nitrogen functional groups attached to an aromatic ring is 1. The third-order valence-corrected chi connectivity index (χ3v) is 2.92.